The average Bonchev–Trinajstić information content (AvgIpc) is 2.71. The zero-order valence-corrected chi connectivity index (χ0v) is 16.7. The van der Waals surface area contributed by atoms with E-state index in [0.717, 1.165) is 35.5 Å². The number of hydrogen-bond donors (Lipinski definition) is 3. The third-order valence-electron chi connectivity index (χ3n) is 4.40. The van der Waals surface area contributed by atoms with Crippen LogP contribution in [0.1, 0.15) is 37.3 Å². The number of aromatic hydroxyl groups is 1. The van der Waals surface area contributed by atoms with Crippen molar-refractivity contribution in [1.29, 1.82) is 0 Å². The predicted octanol–water partition coefficient (Wildman–Crippen LogP) is 4.38. The maximum absolute atomic E-state index is 12.0. The van der Waals surface area contributed by atoms with Crippen molar-refractivity contribution in [2.75, 3.05) is 25.5 Å². The lowest BCUT2D eigenvalue weighted by Gasteiger charge is -2.12. The van der Waals surface area contributed by atoms with Crippen molar-refractivity contribution in [2.45, 2.75) is 32.6 Å². The number of carbonyl (C=O) groups is 1. The lowest BCUT2D eigenvalue weighted by atomic mass is 10.1. The highest BCUT2D eigenvalue weighted by Gasteiger charge is 2.03. The summed E-state index contributed by atoms with van der Waals surface area (Å²) in [5.74, 6) is 0.911. The minimum atomic E-state index is -0.132. The summed E-state index contributed by atoms with van der Waals surface area (Å²) in [6.45, 7) is 3.62. The molecule has 0 fully saturated rings. The van der Waals surface area contributed by atoms with Gasteiger partial charge in [0.15, 0.2) is 0 Å². The Hall–Kier alpha value is -2.95. The number of amides is 1. The Morgan fingerprint density at radius 2 is 1.89 bits per heavy atom. The van der Waals surface area contributed by atoms with E-state index in [2.05, 4.69) is 17.6 Å². The summed E-state index contributed by atoms with van der Waals surface area (Å²) in [6.07, 6.45) is 7.55. The van der Waals surface area contributed by atoms with Crippen LogP contribution in [0.3, 0.4) is 0 Å². The molecular weight excluding hydrogens is 352 g/mol. The summed E-state index contributed by atoms with van der Waals surface area (Å²) in [5.41, 5.74) is 2.94. The molecule has 2 aromatic rings. The van der Waals surface area contributed by atoms with E-state index >= 15 is 0 Å². The minimum Gasteiger partial charge on any atom is -0.508 e. The standard InChI is InChI=1S/C23H30N2O3/c1-3-4-5-15-24-21-17-19(8-12-22(21)28-2)9-13-23(27)25-16-14-18-6-10-20(26)11-7-18/h6-13,17,24,26H,3-5,14-16H2,1-2H3,(H,25,27)/b13-9+. The second-order valence-electron chi connectivity index (χ2n) is 6.63. The fourth-order valence-electron chi connectivity index (χ4n) is 2.79. The fraction of sp³-hybridized carbons (Fsp3) is 0.348. The van der Waals surface area contributed by atoms with Gasteiger partial charge in [0.2, 0.25) is 5.91 Å². The number of methoxy groups -OCH3 is 1. The molecule has 0 aliphatic heterocycles. The van der Waals surface area contributed by atoms with Gasteiger partial charge in [0, 0.05) is 19.2 Å². The van der Waals surface area contributed by atoms with Crippen LogP contribution in [0.25, 0.3) is 6.08 Å². The molecule has 0 bridgehead atoms. The summed E-state index contributed by atoms with van der Waals surface area (Å²) in [4.78, 5) is 12.0. The second kappa shape index (κ2) is 11.7. The van der Waals surface area contributed by atoms with Crippen LogP contribution in [0.15, 0.2) is 48.5 Å². The van der Waals surface area contributed by atoms with Gasteiger partial charge in [0.1, 0.15) is 11.5 Å². The van der Waals surface area contributed by atoms with Crippen LogP contribution >= 0.6 is 0 Å². The van der Waals surface area contributed by atoms with Crippen molar-refractivity contribution in [1.82, 2.24) is 5.32 Å². The van der Waals surface area contributed by atoms with Crippen molar-refractivity contribution in [3.05, 3.63) is 59.7 Å². The maximum Gasteiger partial charge on any atom is 0.244 e. The van der Waals surface area contributed by atoms with Crippen molar-refractivity contribution >= 4 is 17.7 Å². The number of anilines is 1. The normalized spacial score (nSPS) is 10.8. The number of ether oxygens (including phenoxy) is 1. The third-order valence-corrected chi connectivity index (χ3v) is 4.40. The first-order chi connectivity index (χ1) is 13.6. The fourth-order valence-corrected chi connectivity index (χ4v) is 2.79. The molecule has 0 unspecified atom stereocenters. The Morgan fingerprint density at radius 3 is 2.61 bits per heavy atom. The molecule has 5 heteroatoms. The molecule has 0 aromatic heterocycles. The summed E-state index contributed by atoms with van der Waals surface area (Å²) >= 11 is 0. The van der Waals surface area contributed by atoms with Crippen LogP contribution in [0.2, 0.25) is 0 Å². The number of phenols is 1. The van der Waals surface area contributed by atoms with Crippen molar-refractivity contribution < 1.29 is 14.6 Å². The van der Waals surface area contributed by atoms with Crippen LogP contribution in [0.4, 0.5) is 5.69 Å². The zero-order valence-electron chi connectivity index (χ0n) is 16.7. The zero-order chi connectivity index (χ0) is 20.2. The first kappa shape index (κ1) is 21.4. The van der Waals surface area contributed by atoms with Gasteiger partial charge in [-0.25, -0.2) is 0 Å². The van der Waals surface area contributed by atoms with Crippen LogP contribution < -0.4 is 15.4 Å². The van der Waals surface area contributed by atoms with Crippen LogP contribution in [0, 0.1) is 0 Å². The smallest absolute Gasteiger partial charge is 0.244 e. The number of unbranched alkanes of at least 4 members (excludes halogenated alkanes) is 2. The second-order valence-corrected chi connectivity index (χ2v) is 6.63. The maximum atomic E-state index is 12.0. The molecule has 0 heterocycles. The number of nitrogens with one attached hydrogen (secondary N) is 2. The molecular formula is C23H30N2O3. The van der Waals surface area contributed by atoms with Gasteiger partial charge >= 0.3 is 0 Å². The first-order valence-electron chi connectivity index (χ1n) is 9.78. The number of benzene rings is 2. The Labute approximate surface area is 167 Å². The van der Waals surface area contributed by atoms with Crippen molar-refractivity contribution in [2.24, 2.45) is 0 Å². The van der Waals surface area contributed by atoms with E-state index in [1.165, 1.54) is 12.8 Å². The summed E-state index contributed by atoms with van der Waals surface area (Å²) in [7, 11) is 1.66. The van der Waals surface area contributed by atoms with Gasteiger partial charge in [-0.2, -0.15) is 0 Å². The molecule has 3 N–H and O–H groups in total. The molecule has 2 rings (SSSR count). The number of phenolic OH excluding ortho intramolecular Hbond substituents is 1. The third kappa shape index (κ3) is 7.35. The average molecular weight is 383 g/mol. The van der Waals surface area contributed by atoms with Gasteiger partial charge < -0.3 is 20.5 Å². The molecule has 0 saturated carbocycles. The minimum absolute atomic E-state index is 0.132. The molecule has 0 saturated heterocycles. The summed E-state index contributed by atoms with van der Waals surface area (Å²) in [5, 5.41) is 15.6. The Morgan fingerprint density at radius 1 is 1.11 bits per heavy atom. The van der Waals surface area contributed by atoms with E-state index in [4.69, 9.17) is 4.74 Å². The molecule has 150 valence electrons. The van der Waals surface area contributed by atoms with E-state index in [0.29, 0.717) is 13.0 Å². The lowest BCUT2D eigenvalue weighted by molar-refractivity contribution is -0.116. The molecule has 28 heavy (non-hydrogen) atoms. The van der Waals surface area contributed by atoms with Gasteiger partial charge in [-0.15, -0.1) is 0 Å². The highest BCUT2D eigenvalue weighted by atomic mass is 16.5. The monoisotopic (exact) mass is 382 g/mol. The van der Waals surface area contributed by atoms with Gasteiger partial charge in [-0.1, -0.05) is 38.0 Å². The Kier molecular flexibility index (Phi) is 8.92. The van der Waals surface area contributed by atoms with E-state index < -0.39 is 0 Å². The van der Waals surface area contributed by atoms with E-state index in [9.17, 15) is 9.90 Å². The van der Waals surface area contributed by atoms with Gasteiger partial charge in [-0.05, 0) is 54.3 Å². The summed E-state index contributed by atoms with van der Waals surface area (Å²) < 4.78 is 5.40. The van der Waals surface area contributed by atoms with Crippen LogP contribution in [0.5, 0.6) is 11.5 Å². The van der Waals surface area contributed by atoms with Crippen LogP contribution in [-0.2, 0) is 11.2 Å². The first-order valence-corrected chi connectivity index (χ1v) is 9.78. The SMILES string of the molecule is CCCCCNc1cc(/C=C/C(=O)NCCc2ccc(O)cc2)ccc1OC. The van der Waals surface area contributed by atoms with Gasteiger partial charge in [0.05, 0.1) is 12.8 Å². The lowest BCUT2D eigenvalue weighted by Crippen LogP contribution is -2.23. The number of rotatable bonds is 11. The predicted molar refractivity (Wildman–Crippen MR) is 115 cm³/mol. The number of hydrogen-bond acceptors (Lipinski definition) is 4. The molecule has 0 aliphatic rings. The molecule has 1 amide bonds. The molecule has 0 spiro atoms. The Bertz CT molecular complexity index is 770. The van der Waals surface area contributed by atoms with Gasteiger partial charge in [-0.3, -0.25) is 4.79 Å². The summed E-state index contributed by atoms with van der Waals surface area (Å²) in [6, 6.07) is 12.8. The highest BCUT2D eigenvalue weighted by molar-refractivity contribution is 5.91. The van der Waals surface area contributed by atoms with E-state index in [1.54, 1.807) is 31.4 Å². The molecule has 5 nitrogen and oxygen atoms in total. The topological polar surface area (TPSA) is 70.6 Å². The van der Waals surface area contributed by atoms with E-state index in [-0.39, 0.29) is 11.7 Å². The molecule has 2 aromatic carbocycles. The molecule has 0 atom stereocenters. The van der Waals surface area contributed by atoms with E-state index in [1.807, 2.05) is 30.3 Å². The van der Waals surface area contributed by atoms with Gasteiger partial charge in [0.25, 0.3) is 0 Å². The molecule has 0 radical (unpaired) electrons. The van der Waals surface area contributed by atoms with Crippen LogP contribution in [-0.4, -0.2) is 31.2 Å². The largest absolute Gasteiger partial charge is 0.508 e. The highest BCUT2D eigenvalue weighted by Crippen LogP contribution is 2.26. The quantitative estimate of drug-likeness (QED) is 0.399. The molecule has 0 aliphatic carbocycles. The number of carbonyl (C=O) groups excluding carboxylic acids is 1. The van der Waals surface area contributed by atoms with Crippen molar-refractivity contribution in [3.8, 4) is 11.5 Å². The Balaban J connectivity index is 1.85. The van der Waals surface area contributed by atoms with Crippen molar-refractivity contribution in [3.63, 3.8) is 0 Å².